The topological polar surface area (TPSA) is 30.9 Å². The van der Waals surface area contributed by atoms with Crippen LogP contribution in [0, 0.1) is 0 Å². The summed E-state index contributed by atoms with van der Waals surface area (Å²) >= 11 is 3.54. The van der Waals surface area contributed by atoms with Gasteiger partial charge in [0, 0.05) is 29.6 Å². The summed E-state index contributed by atoms with van der Waals surface area (Å²) in [4.78, 5) is 0. The molecule has 2 aromatic rings. The molecule has 0 bridgehead atoms. The molecule has 0 aliphatic heterocycles. The summed E-state index contributed by atoms with van der Waals surface area (Å²) < 4.78 is 3.21. The first-order chi connectivity index (χ1) is 6.22. The molecule has 2 N–H and O–H groups in total. The number of rotatable bonds is 1. The normalized spacial score (nSPS) is 11.0. The molecule has 0 saturated heterocycles. The third-order valence-corrected chi connectivity index (χ3v) is 2.82. The van der Waals surface area contributed by atoms with E-state index in [9.17, 15) is 0 Å². The van der Waals surface area contributed by atoms with Gasteiger partial charge in [-0.1, -0.05) is 0 Å². The maximum absolute atomic E-state index is 5.59. The highest BCUT2D eigenvalue weighted by molar-refractivity contribution is 9.10. The first kappa shape index (κ1) is 8.78. The largest absolute Gasteiger partial charge is 0.350 e. The van der Waals surface area contributed by atoms with Crippen molar-refractivity contribution in [1.82, 2.24) is 4.57 Å². The summed E-state index contributed by atoms with van der Waals surface area (Å²) in [6.45, 7) is 0.587. The Balaban J connectivity index is 2.79. The molecule has 1 heterocycles. The van der Waals surface area contributed by atoms with E-state index < -0.39 is 0 Å². The van der Waals surface area contributed by atoms with Crippen LogP contribution in [0.3, 0.4) is 0 Å². The molecule has 68 valence electrons. The Morgan fingerprint density at radius 2 is 2.23 bits per heavy atom. The first-order valence-corrected chi connectivity index (χ1v) is 4.95. The Morgan fingerprint density at radius 1 is 1.46 bits per heavy atom. The summed E-state index contributed by atoms with van der Waals surface area (Å²) in [5.74, 6) is 0. The molecular formula is C10H11BrN2. The molecular weight excluding hydrogens is 228 g/mol. The van der Waals surface area contributed by atoms with Crippen molar-refractivity contribution in [3.8, 4) is 0 Å². The molecule has 13 heavy (non-hydrogen) atoms. The lowest BCUT2D eigenvalue weighted by atomic mass is 10.1. The molecule has 0 spiro atoms. The van der Waals surface area contributed by atoms with Gasteiger partial charge in [0.2, 0.25) is 0 Å². The number of halogens is 1. The van der Waals surface area contributed by atoms with Crippen LogP contribution in [0.5, 0.6) is 0 Å². The monoisotopic (exact) mass is 238 g/mol. The minimum absolute atomic E-state index is 0.587. The van der Waals surface area contributed by atoms with Gasteiger partial charge in [0.15, 0.2) is 0 Å². The minimum Gasteiger partial charge on any atom is -0.350 e. The number of aryl methyl sites for hydroxylation is 1. The number of benzene rings is 1. The summed E-state index contributed by atoms with van der Waals surface area (Å²) in [6.07, 6.45) is 2.05. The zero-order chi connectivity index (χ0) is 9.42. The predicted octanol–water partition coefficient (Wildman–Crippen LogP) is 2.40. The molecule has 0 amide bonds. The molecule has 1 aromatic heterocycles. The lowest BCUT2D eigenvalue weighted by Crippen LogP contribution is -1.96. The zero-order valence-corrected chi connectivity index (χ0v) is 9.01. The van der Waals surface area contributed by atoms with Gasteiger partial charge in [-0.25, -0.2) is 0 Å². The van der Waals surface area contributed by atoms with Gasteiger partial charge >= 0.3 is 0 Å². The average molecular weight is 239 g/mol. The lowest BCUT2D eigenvalue weighted by Gasteiger charge is -2.02. The van der Waals surface area contributed by atoms with E-state index in [2.05, 4.69) is 44.9 Å². The highest BCUT2D eigenvalue weighted by Gasteiger charge is 2.03. The van der Waals surface area contributed by atoms with Crippen LogP contribution < -0.4 is 5.73 Å². The SMILES string of the molecule is Cn1ccc2cc(CN)cc(Br)c21. The van der Waals surface area contributed by atoms with Crippen molar-refractivity contribution in [1.29, 1.82) is 0 Å². The van der Waals surface area contributed by atoms with Crippen molar-refractivity contribution in [3.05, 3.63) is 34.4 Å². The van der Waals surface area contributed by atoms with E-state index >= 15 is 0 Å². The second-order valence-corrected chi connectivity index (χ2v) is 4.00. The molecule has 1 aromatic carbocycles. The van der Waals surface area contributed by atoms with Crippen molar-refractivity contribution >= 4 is 26.8 Å². The fourth-order valence-corrected chi connectivity index (χ4v) is 2.37. The van der Waals surface area contributed by atoms with Crippen LogP contribution in [0.15, 0.2) is 28.9 Å². The molecule has 2 rings (SSSR count). The molecule has 0 saturated carbocycles. The average Bonchev–Trinajstić information content (AvgIpc) is 2.48. The predicted molar refractivity (Wildman–Crippen MR) is 58.5 cm³/mol. The quantitative estimate of drug-likeness (QED) is 0.813. The Morgan fingerprint density at radius 3 is 2.92 bits per heavy atom. The maximum Gasteiger partial charge on any atom is 0.0622 e. The summed E-state index contributed by atoms with van der Waals surface area (Å²) in [5.41, 5.74) is 7.97. The molecule has 0 aliphatic carbocycles. The molecule has 0 radical (unpaired) electrons. The van der Waals surface area contributed by atoms with E-state index in [1.54, 1.807) is 0 Å². The van der Waals surface area contributed by atoms with Crippen molar-refractivity contribution < 1.29 is 0 Å². The Labute approximate surface area is 85.5 Å². The molecule has 3 heteroatoms. The van der Waals surface area contributed by atoms with Crippen LogP contribution in [0.25, 0.3) is 10.9 Å². The minimum atomic E-state index is 0.587. The van der Waals surface area contributed by atoms with E-state index in [4.69, 9.17) is 5.73 Å². The number of nitrogens with two attached hydrogens (primary N) is 1. The molecule has 2 nitrogen and oxygen atoms in total. The molecule has 0 unspecified atom stereocenters. The Kier molecular flexibility index (Phi) is 2.14. The highest BCUT2D eigenvalue weighted by atomic mass is 79.9. The summed E-state index contributed by atoms with van der Waals surface area (Å²) in [7, 11) is 2.04. The van der Waals surface area contributed by atoms with Gasteiger partial charge in [0.05, 0.1) is 5.52 Å². The van der Waals surface area contributed by atoms with Gasteiger partial charge in [-0.3, -0.25) is 0 Å². The second kappa shape index (κ2) is 3.16. The second-order valence-electron chi connectivity index (χ2n) is 3.15. The first-order valence-electron chi connectivity index (χ1n) is 4.16. The van der Waals surface area contributed by atoms with Gasteiger partial charge in [0.25, 0.3) is 0 Å². The van der Waals surface area contributed by atoms with Crippen molar-refractivity contribution in [2.75, 3.05) is 0 Å². The smallest absolute Gasteiger partial charge is 0.0622 e. The highest BCUT2D eigenvalue weighted by Crippen LogP contribution is 2.26. The van der Waals surface area contributed by atoms with Crippen LogP contribution in [0.2, 0.25) is 0 Å². The standard InChI is InChI=1S/C10H11BrN2/c1-13-3-2-8-4-7(6-12)5-9(11)10(8)13/h2-5H,6,12H2,1H3. The number of fused-ring (bicyclic) bond motifs is 1. The number of hydrogen-bond donors (Lipinski definition) is 1. The van der Waals surface area contributed by atoms with E-state index in [0.29, 0.717) is 6.54 Å². The van der Waals surface area contributed by atoms with Gasteiger partial charge in [-0.05, 0) is 39.7 Å². The van der Waals surface area contributed by atoms with Gasteiger partial charge in [0.1, 0.15) is 0 Å². The maximum atomic E-state index is 5.59. The Bertz CT molecular complexity index is 445. The molecule has 0 atom stereocenters. The van der Waals surface area contributed by atoms with Crippen LogP contribution in [-0.4, -0.2) is 4.57 Å². The van der Waals surface area contributed by atoms with Crippen LogP contribution in [-0.2, 0) is 13.6 Å². The number of nitrogens with zero attached hydrogens (tertiary/aromatic N) is 1. The van der Waals surface area contributed by atoms with Crippen LogP contribution in [0.4, 0.5) is 0 Å². The van der Waals surface area contributed by atoms with E-state index in [1.807, 2.05) is 7.05 Å². The van der Waals surface area contributed by atoms with Crippen molar-refractivity contribution in [3.63, 3.8) is 0 Å². The fraction of sp³-hybridized carbons (Fsp3) is 0.200. The van der Waals surface area contributed by atoms with E-state index in [-0.39, 0.29) is 0 Å². The van der Waals surface area contributed by atoms with Gasteiger partial charge in [-0.2, -0.15) is 0 Å². The zero-order valence-electron chi connectivity index (χ0n) is 7.42. The van der Waals surface area contributed by atoms with E-state index in [0.717, 1.165) is 10.0 Å². The van der Waals surface area contributed by atoms with Gasteiger partial charge in [-0.15, -0.1) is 0 Å². The van der Waals surface area contributed by atoms with Crippen LogP contribution >= 0.6 is 15.9 Å². The van der Waals surface area contributed by atoms with Crippen molar-refractivity contribution in [2.24, 2.45) is 12.8 Å². The van der Waals surface area contributed by atoms with E-state index in [1.165, 1.54) is 10.9 Å². The van der Waals surface area contributed by atoms with Crippen molar-refractivity contribution in [2.45, 2.75) is 6.54 Å². The number of hydrogen-bond acceptors (Lipinski definition) is 1. The fourth-order valence-electron chi connectivity index (χ4n) is 1.56. The molecule has 0 aliphatic rings. The third-order valence-electron chi connectivity index (χ3n) is 2.22. The third kappa shape index (κ3) is 1.38. The Hall–Kier alpha value is -0.800. The summed E-state index contributed by atoms with van der Waals surface area (Å²) in [5, 5.41) is 1.23. The number of aromatic nitrogens is 1. The summed E-state index contributed by atoms with van der Waals surface area (Å²) in [6, 6.07) is 6.29. The lowest BCUT2D eigenvalue weighted by molar-refractivity contribution is 0.965. The van der Waals surface area contributed by atoms with Crippen LogP contribution in [0.1, 0.15) is 5.56 Å². The van der Waals surface area contributed by atoms with Gasteiger partial charge < -0.3 is 10.3 Å². The molecule has 0 fully saturated rings.